The smallest absolute Gasteiger partial charge is 0.265 e. The number of benzene rings is 1. The summed E-state index contributed by atoms with van der Waals surface area (Å²) in [6.45, 7) is 3.72. The van der Waals surface area contributed by atoms with Gasteiger partial charge in [0, 0.05) is 5.56 Å². The van der Waals surface area contributed by atoms with E-state index in [4.69, 9.17) is 22.0 Å². The average molecular weight is 224 g/mol. The number of nitrogen functional groups attached to an aromatic ring is 3. The van der Waals surface area contributed by atoms with Crippen molar-refractivity contribution in [2.75, 3.05) is 11.5 Å². The maximum Gasteiger partial charge on any atom is 0.265 e. The van der Waals surface area contributed by atoms with E-state index in [9.17, 15) is 4.79 Å². The van der Waals surface area contributed by atoms with Crippen molar-refractivity contribution < 1.29 is 9.53 Å². The van der Waals surface area contributed by atoms with Crippen molar-refractivity contribution in [2.24, 2.45) is 5.84 Å². The van der Waals surface area contributed by atoms with Gasteiger partial charge in [-0.05, 0) is 26.0 Å². The number of hydrogen-bond donors (Lipinski definition) is 4. The van der Waals surface area contributed by atoms with Crippen LogP contribution in [-0.4, -0.2) is 12.0 Å². The highest BCUT2D eigenvalue weighted by molar-refractivity contribution is 5.96. The van der Waals surface area contributed by atoms with Gasteiger partial charge in [-0.15, -0.1) is 0 Å². The molecule has 0 unspecified atom stereocenters. The Balaban J connectivity index is 3.12. The van der Waals surface area contributed by atoms with Gasteiger partial charge in [-0.2, -0.15) is 0 Å². The number of carbonyl (C=O) groups is 1. The first-order valence-electron chi connectivity index (χ1n) is 4.82. The van der Waals surface area contributed by atoms with Gasteiger partial charge in [-0.3, -0.25) is 10.2 Å². The van der Waals surface area contributed by atoms with Crippen molar-refractivity contribution in [3.63, 3.8) is 0 Å². The molecule has 0 aromatic heterocycles. The fourth-order valence-electron chi connectivity index (χ4n) is 1.26. The standard InChI is InChI=1S/C10H16N4O2/c1-5(2)16-9-7(11)3-6(4-8(9)12)10(15)14-13/h3-5H,11-13H2,1-2H3,(H,14,15). The third kappa shape index (κ3) is 2.54. The summed E-state index contributed by atoms with van der Waals surface area (Å²) in [5.74, 6) is 4.95. The van der Waals surface area contributed by atoms with Crippen molar-refractivity contribution in [3.8, 4) is 5.75 Å². The maximum atomic E-state index is 11.3. The predicted molar refractivity (Wildman–Crippen MR) is 62.7 cm³/mol. The predicted octanol–water partition coefficient (Wildman–Crippen LogP) is 0.242. The lowest BCUT2D eigenvalue weighted by Gasteiger charge is -2.15. The van der Waals surface area contributed by atoms with E-state index in [2.05, 4.69) is 0 Å². The van der Waals surface area contributed by atoms with Gasteiger partial charge < -0.3 is 16.2 Å². The zero-order valence-electron chi connectivity index (χ0n) is 9.28. The highest BCUT2D eigenvalue weighted by Crippen LogP contribution is 2.31. The van der Waals surface area contributed by atoms with Crippen LogP contribution in [0, 0.1) is 0 Å². The number of nitrogens with one attached hydrogen (secondary N) is 1. The van der Waals surface area contributed by atoms with Crippen LogP contribution in [0.5, 0.6) is 5.75 Å². The number of carbonyl (C=O) groups excluding carboxylic acids is 1. The van der Waals surface area contributed by atoms with Crippen LogP contribution in [0.25, 0.3) is 0 Å². The van der Waals surface area contributed by atoms with Crippen LogP contribution >= 0.6 is 0 Å². The van der Waals surface area contributed by atoms with E-state index >= 15 is 0 Å². The van der Waals surface area contributed by atoms with E-state index < -0.39 is 5.91 Å². The molecule has 0 fully saturated rings. The van der Waals surface area contributed by atoms with Gasteiger partial charge in [-0.1, -0.05) is 0 Å². The molecule has 0 aliphatic heterocycles. The number of nitrogens with two attached hydrogens (primary N) is 3. The van der Waals surface area contributed by atoms with Crippen LogP contribution in [0.4, 0.5) is 11.4 Å². The van der Waals surface area contributed by atoms with Gasteiger partial charge in [0.2, 0.25) is 0 Å². The Morgan fingerprint density at radius 3 is 2.19 bits per heavy atom. The van der Waals surface area contributed by atoms with Crippen molar-refractivity contribution in [3.05, 3.63) is 17.7 Å². The van der Waals surface area contributed by atoms with Crippen molar-refractivity contribution in [1.29, 1.82) is 0 Å². The Kier molecular flexibility index (Phi) is 3.57. The fourth-order valence-corrected chi connectivity index (χ4v) is 1.26. The lowest BCUT2D eigenvalue weighted by Crippen LogP contribution is -2.30. The maximum absolute atomic E-state index is 11.3. The number of hydrazine groups is 1. The molecule has 0 saturated carbocycles. The molecule has 6 heteroatoms. The highest BCUT2D eigenvalue weighted by Gasteiger charge is 2.12. The minimum atomic E-state index is -0.450. The van der Waals surface area contributed by atoms with Crippen LogP contribution < -0.4 is 27.5 Å². The third-order valence-corrected chi connectivity index (χ3v) is 1.89. The molecule has 16 heavy (non-hydrogen) atoms. The SMILES string of the molecule is CC(C)Oc1c(N)cc(C(=O)NN)cc1N. The number of rotatable bonds is 3. The molecule has 0 radical (unpaired) electrons. The van der Waals surface area contributed by atoms with Crippen molar-refractivity contribution >= 4 is 17.3 Å². The van der Waals surface area contributed by atoms with E-state index in [0.717, 1.165) is 0 Å². The number of anilines is 2. The molecular formula is C10H16N4O2. The lowest BCUT2D eigenvalue weighted by molar-refractivity contribution is 0.0953. The van der Waals surface area contributed by atoms with Gasteiger partial charge in [0.25, 0.3) is 5.91 Å². The molecule has 6 nitrogen and oxygen atoms in total. The van der Waals surface area contributed by atoms with Crippen LogP contribution in [0.3, 0.4) is 0 Å². The minimum absolute atomic E-state index is 0.0428. The summed E-state index contributed by atoms with van der Waals surface area (Å²) in [4.78, 5) is 11.3. The van der Waals surface area contributed by atoms with Gasteiger partial charge in [-0.25, -0.2) is 5.84 Å². The van der Waals surface area contributed by atoms with E-state index in [1.54, 1.807) is 0 Å². The monoisotopic (exact) mass is 224 g/mol. The summed E-state index contributed by atoms with van der Waals surface area (Å²) in [6.07, 6.45) is -0.0428. The quantitative estimate of drug-likeness (QED) is 0.254. The lowest BCUT2D eigenvalue weighted by atomic mass is 10.1. The van der Waals surface area contributed by atoms with Crippen LogP contribution in [0.15, 0.2) is 12.1 Å². The second-order valence-electron chi connectivity index (χ2n) is 3.62. The van der Waals surface area contributed by atoms with Gasteiger partial charge >= 0.3 is 0 Å². The molecule has 0 aliphatic carbocycles. The Hall–Kier alpha value is -1.95. The molecule has 1 amide bonds. The fraction of sp³-hybridized carbons (Fsp3) is 0.300. The van der Waals surface area contributed by atoms with E-state index in [1.807, 2.05) is 19.3 Å². The molecule has 0 bridgehead atoms. The second-order valence-corrected chi connectivity index (χ2v) is 3.62. The summed E-state index contributed by atoms with van der Waals surface area (Å²) in [7, 11) is 0. The Morgan fingerprint density at radius 1 is 1.31 bits per heavy atom. The molecular weight excluding hydrogens is 208 g/mol. The van der Waals surface area contributed by atoms with Crippen LogP contribution in [0.1, 0.15) is 24.2 Å². The molecule has 0 saturated heterocycles. The number of ether oxygens (including phenoxy) is 1. The largest absolute Gasteiger partial charge is 0.487 e. The number of hydrogen-bond acceptors (Lipinski definition) is 5. The Labute approximate surface area is 93.7 Å². The first kappa shape index (κ1) is 12.1. The summed E-state index contributed by atoms with van der Waals surface area (Å²) >= 11 is 0. The average Bonchev–Trinajstić information content (AvgIpc) is 2.21. The van der Waals surface area contributed by atoms with Crippen molar-refractivity contribution in [2.45, 2.75) is 20.0 Å². The Bertz CT molecular complexity index is 381. The first-order chi connectivity index (χ1) is 7.45. The summed E-state index contributed by atoms with van der Waals surface area (Å²) in [6, 6.07) is 2.94. The zero-order valence-corrected chi connectivity index (χ0v) is 9.28. The minimum Gasteiger partial charge on any atom is -0.487 e. The molecule has 0 heterocycles. The molecule has 1 aromatic rings. The van der Waals surface area contributed by atoms with Crippen LogP contribution in [0.2, 0.25) is 0 Å². The molecule has 0 atom stereocenters. The van der Waals surface area contributed by atoms with Gasteiger partial charge in [0.05, 0.1) is 17.5 Å². The summed E-state index contributed by atoms with van der Waals surface area (Å²) in [5.41, 5.74) is 14.4. The third-order valence-electron chi connectivity index (χ3n) is 1.89. The first-order valence-corrected chi connectivity index (χ1v) is 4.82. The highest BCUT2D eigenvalue weighted by atomic mass is 16.5. The summed E-state index contributed by atoms with van der Waals surface area (Å²) in [5, 5.41) is 0. The van der Waals surface area contributed by atoms with Gasteiger partial charge in [0.1, 0.15) is 0 Å². The number of amides is 1. The normalized spacial score (nSPS) is 10.2. The molecule has 88 valence electrons. The summed E-state index contributed by atoms with van der Waals surface area (Å²) < 4.78 is 5.43. The van der Waals surface area contributed by atoms with Gasteiger partial charge in [0.15, 0.2) is 5.75 Å². The van der Waals surface area contributed by atoms with E-state index in [0.29, 0.717) is 22.7 Å². The van der Waals surface area contributed by atoms with Crippen LogP contribution in [-0.2, 0) is 0 Å². The zero-order chi connectivity index (χ0) is 12.3. The molecule has 0 aliphatic rings. The Morgan fingerprint density at radius 2 is 1.81 bits per heavy atom. The van der Waals surface area contributed by atoms with Crippen molar-refractivity contribution in [1.82, 2.24) is 5.43 Å². The molecule has 1 rings (SSSR count). The van der Waals surface area contributed by atoms with E-state index in [1.165, 1.54) is 12.1 Å². The van der Waals surface area contributed by atoms with E-state index in [-0.39, 0.29) is 6.10 Å². The molecule has 0 spiro atoms. The topological polar surface area (TPSA) is 116 Å². The molecule has 7 N–H and O–H groups in total. The second kappa shape index (κ2) is 4.71. The molecule has 1 aromatic carbocycles.